The highest BCUT2D eigenvalue weighted by atomic mass is 31.2. The minimum atomic E-state index is -3.00. The van der Waals surface area contributed by atoms with Gasteiger partial charge in [0.25, 0.3) is 0 Å². The lowest BCUT2D eigenvalue weighted by Crippen LogP contribution is -2.22. The van der Waals surface area contributed by atoms with E-state index in [4.69, 9.17) is 9.05 Å². The maximum Gasteiger partial charge on any atom is 0.330 e. The van der Waals surface area contributed by atoms with Gasteiger partial charge in [0.1, 0.15) is 0 Å². The van der Waals surface area contributed by atoms with E-state index < -0.39 is 7.60 Å². The molecule has 6 heteroatoms. The third-order valence-corrected chi connectivity index (χ3v) is 8.43. The number of benzene rings is 3. The zero-order valence-electron chi connectivity index (χ0n) is 24.6. The Bertz CT molecular complexity index is 1270. The zero-order valence-corrected chi connectivity index (χ0v) is 25.5. The van der Waals surface area contributed by atoms with E-state index in [2.05, 4.69) is 113 Å². The van der Waals surface area contributed by atoms with Crippen molar-refractivity contribution in [2.75, 3.05) is 30.8 Å². The first-order chi connectivity index (χ1) is 20.0. The van der Waals surface area contributed by atoms with Gasteiger partial charge in [-0.15, -0.1) is 0 Å². The molecule has 41 heavy (non-hydrogen) atoms. The Hall–Kier alpha value is -3.50. The highest BCUT2D eigenvalue weighted by Gasteiger charge is 2.22. The van der Waals surface area contributed by atoms with E-state index in [-0.39, 0.29) is 0 Å². The van der Waals surface area contributed by atoms with Crippen molar-refractivity contribution in [2.24, 2.45) is 4.99 Å². The maximum atomic E-state index is 12.6. The van der Waals surface area contributed by atoms with Gasteiger partial charge in [-0.3, -0.25) is 9.56 Å². The monoisotopic (exact) mass is 570 g/mol. The molecule has 0 N–H and O–H groups in total. The highest BCUT2D eigenvalue weighted by molar-refractivity contribution is 7.53. The number of allylic oxidation sites excluding steroid dienone is 5. The van der Waals surface area contributed by atoms with Crippen molar-refractivity contribution >= 4 is 25.6 Å². The zero-order chi connectivity index (χ0) is 29.2. The molecular formula is C35H43N2O3P. The van der Waals surface area contributed by atoms with E-state index in [1.54, 1.807) is 6.21 Å². The molecule has 3 aromatic carbocycles. The first kappa shape index (κ1) is 32.0. The summed E-state index contributed by atoms with van der Waals surface area (Å²) >= 11 is 0. The lowest BCUT2D eigenvalue weighted by Gasteiger charge is -2.25. The number of hydrogen-bond donors (Lipinski definition) is 0. The Kier molecular flexibility index (Phi) is 14.1. The number of nitrogens with zero attached hydrogens (tertiary/aromatic N) is 2. The topological polar surface area (TPSA) is 51.1 Å². The standard InChI is InChI=1S/C35H43N2O3P/c1-4-14-31(25-27-36-26-13-28-41(38,39-5-2)40-6-3)19-20-32-21-23-35(24-22-32)37(29-33-15-9-7-10-16-33)30-34-17-11-8-12-18-34/h4,7-12,14-25,27H,5-6,13,26,28-30H2,1-3H3/b14-4-,20-19?,31-25+,36-27+. The van der Waals surface area contributed by atoms with Crippen LogP contribution in [0, 0.1) is 0 Å². The molecule has 3 rings (SSSR count). The number of anilines is 1. The lowest BCUT2D eigenvalue weighted by atomic mass is 10.1. The first-order valence-electron chi connectivity index (χ1n) is 14.4. The first-order valence-corrected chi connectivity index (χ1v) is 16.1. The predicted molar refractivity (Wildman–Crippen MR) is 175 cm³/mol. The fraction of sp³-hybridized carbons (Fsp3) is 0.286. The van der Waals surface area contributed by atoms with E-state index in [1.165, 1.54) is 16.8 Å². The average Bonchev–Trinajstić information content (AvgIpc) is 2.99. The summed E-state index contributed by atoms with van der Waals surface area (Å²) in [5, 5.41) is 0. The van der Waals surface area contributed by atoms with Crippen molar-refractivity contribution in [1.29, 1.82) is 0 Å². The summed E-state index contributed by atoms with van der Waals surface area (Å²) < 4.78 is 23.2. The number of aliphatic imine (C=N–C) groups is 1. The van der Waals surface area contributed by atoms with Crippen molar-refractivity contribution < 1.29 is 13.6 Å². The van der Waals surface area contributed by atoms with E-state index in [1.807, 2.05) is 32.9 Å². The molecule has 0 atom stereocenters. The van der Waals surface area contributed by atoms with E-state index in [9.17, 15) is 4.57 Å². The molecule has 0 radical (unpaired) electrons. The molecule has 0 bridgehead atoms. The molecule has 0 aliphatic carbocycles. The summed E-state index contributed by atoms with van der Waals surface area (Å²) in [7, 11) is -3.00. The van der Waals surface area contributed by atoms with Gasteiger partial charge in [0.05, 0.1) is 19.4 Å². The van der Waals surface area contributed by atoms with Crippen LogP contribution in [0.3, 0.4) is 0 Å². The lowest BCUT2D eigenvalue weighted by molar-refractivity contribution is 0.220. The van der Waals surface area contributed by atoms with Gasteiger partial charge in [-0.2, -0.15) is 0 Å². The molecule has 0 saturated carbocycles. The fourth-order valence-electron chi connectivity index (χ4n) is 4.32. The molecule has 0 saturated heterocycles. The normalized spacial score (nSPS) is 12.6. The third-order valence-electron chi connectivity index (χ3n) is 6.26. The molecule has 0 aliphatic heterocycles. The van der Waals surface area contributed by atoms with Crippen molar-refractivity contribution in [3.8, 4) is 0 Å². The molecule has 216 valence electrons. The highest BCUT2D eigenvalue weighted by Crippen LogP contribution is 2.48. The summed E-state index contributed by atoms with van der Waals surface area (Å²) in [4.78, 5) is 6.87. The summed E-state index contributed by atoms with van der Waals surface area (Å²) in [5.74, 6) is 0. The molecule has 0 fully saturated rings. The molecule has 0 heterocycles. The average molecular weight is 571 g/mol. The van der Waals surface area contributed by atoms with Crippen LogP contribution in [0.15, 0.2) is 120 Å². The second-order valence-corrected chi connectivity index (χ2v) is 11.7. The van der Waals surface area contributed by atoms with Crippen molar-refractivity contribution in [2.45, 2.75) is 40.3 Å². The summed E-state index contributed by atoms with van der Waals surface area (Å²) in [6.07, 6.45) is 13.1. The van der Waals surface area contributed by atoms with Gasteiger partial charge in [0.15, 0.2) is 0 Å². The fourth-order valence-corrected chi connectivity index (χ4v) is 5.97. The van der Waals surface area contributed by atoms with Crippen LogP contribution < -0.4 is 4.90 Å². The Balaban J connectivity index is 1.63. The molecule has 0 amide bonds. The van der Waals surface area contributed by atoms with Crippen LogP contribution in [0.2, 0.25) is 0 Å². The van der Waals surface area contributed by atoms with Gasteiger partial charge in [0.2, 0.25) is 0 Å². The van der Waals surface area contributed by atoms with E-state index >= 15 is 0 Å². The molecule has 3 aromatic rings. The van der Waals surface area contributed by atoms with Crippen LogP contribution >= 0.6 is 7.60 Å². The van der Waals surface area contributed by atoms with Gasteiger partial charge < -0.3 is 13.9 Å². The second kappa shape index (κ2) is 18.0. The Morgan fingerprint density at radius 1 is 0.829 bits per heavy atom. The molecule has 0 unspecified atom stereocenters. The van der Waals surface area contributed by atoms with Crippen molar-refractivity contribution in [3.63, 3.8) is 0 Å². The largest absolute Gasteiger partial charge is 0.363 e. The van der Waals surface area contributed by atoms with Crippen LogP contribution in [0.5, 0.6) is 0 Å². The SMILES string of the molecule is C\C=C/C(C=Cc1ccc(N(Cc2ccccc2)Cc2ccccc2)cc1)=C\C=N\CCCP(=O)(OCC)OCC. The van der Waals surface area contributed by atoms with E-state index in [0.29, 0.717) is 32.3 Å². The quantitative estimate of drug-likeness (QED) is 0.0703. The van der Waals surface area contributed by atoms with Crippen LogP contribution in [0.4, 0.5) is 5.69 Å². The van der Waals surface area contributed by atoms with Crippen LogP contribution in [-0.4, -0.2) is 32.1 Å². The van der Waals surface area contributed by atoms with Gasteiger partial charge in [-0.1, -0.05) is 97.1 Å². The second-order valence-electron chi connectivity index (χ2n) is 9.50. The van der Waals surface area contributed by atoms with Crippen LogP contribution in [-0.2, 0) is 26.7 Å². The van der Waals surface area contributed by atoms with Crippen molar-refractivity contribution in [1.82, 2.24) is 0 Å². The number of hydrogen-bond acceptors (Lipinski definition) is 5. The number of rotatable bonds is 17. The Morgan fingerprint density at radius 2 is 1.41 bits per heavy atom. The summed E-state index contributed by atoms with van der Waals surface area (Å²) in [5.41, 5.74) is 5.93. The molecule has 5 nitrogen and oxygen atoms in total. The van der Waals surface area contributed by atoms with Gasteiger partial charge >= 0.3 is 7.60 Å². The summed E-state index contributed by atoms with van der Waals surface area (Å²) in [6, 6.07) is 29.9. The van der Waals surface area contributed by atoms with Crippen molar-refractivity contribution in [3.05, 3.63) is 131 Å². The molecule has 0 aliphatic rings. The third kappa shape index (κ3) is 11.9. The Morgan fingerprint density at radius 3 is 1.95 bits per heavy atom. The summed E-state index contributed by atoms with van der Waals surface area (Å²) in [6.45, 7) is 8.66. The van der Waals surface area contributed by atoms with Crippen LogP contribution in [0.1, 0.15) is 43.9 Å². The van der Waals surface area contributed by atoms with Crippen LogP contribution in [0.25, 0.3) is 6.08 Å². The van der Waals surface area contributed by atoms with Gasteiger partial charge in [-0.25, -0.2) is 0 Å². The minimum Gasteiger partial charge on any atom is -0.363 e. The smallest absolute Gasteiger partial charge is 0.330 e. The molecular weight excluding hydrogens is 527 g/mol. The van der Waals surface area contributed by atoms with Gasteiger partial charge in [-0.05, 0) is 67.7 Å². The molecule has 0 spiro atoms. The predicted octanol–water partition coefficient (Wildman–Crippen LogP) is 9.14. The molecule has 0 aromatic heterocycles. The van der Waals surface area contributed by atoms with Gasteiger partial charge in [0, 0.05) is 31.5 Å². The minimum absolute atomic E-state index is 0.376. The maximum absolute atomic E-state index is 12.6. The Labute approximate surface area is 246 Å². The van der Waals surface area contributed by atoms with E-state index in [0.717, 1.165) is 24.2 Å².